The second-order valence-electron chi connectivity index (χ2n) is 7.22. The summed E-state index contributed by atoms with van der Waals surface area (Å²) in [5.74, 6) is 0.602. The average molecular weight is 514 g/mol. The molecule has 1 aromatic heterocycles. The molecule has 4 nitrogen and oxygen atoms in total. The highest BCUT2D eigenvalue weighted by atomic mass is 127. The first-order chi connectivity index (χ1) is 15.3. The topological polar surface area (TPSA) is 43.6 Å². The molecule has 0 saturated heterocycles. The number of tetrazole rings is 1. The molecule has 31 heavy (non-hydrogen) atoms. The Morgan fingerprint density at radius 1 is 0.613 bits per heavy atom. The van der Waals surface area contributed by atoms with Gasteiger partial charge < -0.3 is 0 Å². The summed E-state index contributed by atoms with van der Waals surface area (Å²) in [5.41, 5.74) is 3.40. The Morgan fingerprint density at radius 3 is 1.61 bits per heavy atom. The zero-order chi connectivity index (χ0) is 21.1. The van der Waals surface area contributed by atoms with E-state index in [0.29, 0.717) is 5.82 Å². The molecule has 0 atom stereocenters. The van der Waals surface area contributed by atoms with Crippen LogP contribution in [-0.4, -0.2) is 20.2 Å². The number of benzene rings is 4. The number of aromatic nitrogens is 4. The first-order valence-corrected chi connectivity index (χ1v) is 11.1. The van der Waals surface area contributed by atoms with Crippen molar-refractivity contribution in [2.24, 2.45) is 0 Å². The van der Waals surface area contributed by atoms with Crippen molar-refractivity contribution in [3.05, 3.63) is 136 Å². The van der Waals surface area contributed by atoms with E-state index in [0.717, 1.165) is 25.8 Å². The molecule has 0 aliphatic carbocycles. The van der Waals surface area contributed by atoms with Crippen molar-refractivity contribution < 1.29 is 0 Å². The van der Waals surface area contributed by atoms with E-state index in [1.165, 1.54) is 0 Å². The fourth-order valence-electron chi connectivity index (χ4n) is 3.98. The van der Waals surface area contributed by atoms with E-state index in [4.69, 9.17) is 5.10 Å². The minimum absolute atomic E-state index is 0.602. The van der Waals surface area contributed by atoms with Crippen molar-refractivity contribution in [3.63, 3.8) is 0 Å². The van der Waals surface area contributed by atoms with Crippen molar-refractivity contribution in [1.82, 2.24) is 20.2 Å². The lowest BCUT2D eigenvalue weighted by Crippen LogP contribution is -2.39. The Morgan fingerprint density at radius 2 is 1.13 bits per heavy atom. The van der Waals surface area contributed by atoms with Gasteiger partial charge >= 0.3 is 0 Å². The summed E-state index contributed by atoms with van der Waals surface area (Å²) in [7, 11) is 0. The molecule has 5 heteroatoms. The van der Waals surface area contributed by atoms with Crippen molar-refractivity contribution >= 4 is 22.6 Å². The fraction of sp³-hybridized carbons (Fsp3) is 0.0385. The summed E-state index contributed by atoms with van der Waals surface area (Å²) in [5, 5.41) is 14.0. The number of hydrogen-bond donors (Lipinski definition) is 0. The molecule has 0 bridgehead atoms. The summed E-state index contributed by atoms with van der Waals surface area (Å²) in [6.07, 6.45) is 0. The molecular formula is C26H19IN4. The van der Waals surface area contributed by atoms with Gasteiger partial charge in [0, 0.05) is 9.13 Å². The third-order valence-corrected chi connectivity index (χ3v) is 6.04. The van der Waals surface area contributed by atoms with E-state index in [1.54, 1.807) is 4.80 Å². The van der Waals surface area contributed by atoms with Gasteiger partial charge in [-0.25, -0.2) is 0 Å². The molecule has 0 aliphatic rings. The van der Waals surface area contributed by atoms with Gasteiger partial charge in [0.25, 0.3) is 0 Å². The Bertz CT molecular complexity index is 1190. The molecule has 0 fully saturated rings. The molecule has 5 rings (SSSR count). The highest BCUT2D eigenvalue weighted by Crippen LogP contribution is 2.39. The molecule has 0 N–H and O–H groups in total. The van der Waals surface area contributed by atoms with E-state index >= 15 is 0 Å². The summed E-state index contributed by atoms with van der Waals surface area (Å²) in [4.78, 5) is 1.75. The quantitative estimate of drug-likeness (QED) is 0.221. The molecule has 0 saturated carbocycles. The summed E-state index contributed by atoms with van der Waals surface area (Å²) in [6.45, 7) is 0. The SMILES string of the molecule is Ic1cccc(-c2nnn(C(c3ccccc3)(c3ccccc3)c3ccccc3)n2)c1. The minimum atomic E-state index is -0.753. The van der Waals surface area contributed by atoms with Gasteiger partial charge in [-0.1, -0.05) is 103 Å². The molecule has 0 aliphatic heterocycles. The Hall–Kier alpha value is -3.32. The number of rotatable bonds is 5. The van der Waals surface area contributed by atoms with Crippen molar-refractivity contribution in [2.75, 3.05) is 0 Å². The van der Waals surface area contributed by atoms with Crippen molar-refractivity contribution in [1.29, 1.82) is 0 Å². The smallest absolute Gasteiger partial charge is 0.144 e. The molecule has 0 unspecified atom stereocenters. The van der Waals surface area contributed by atoms with Crippen molar-refractivity contribution in [3.8, 4) is 11.4 Å². The van der Waals surface area contributed by atoms with Crippen LogP contribution in [0.15, 0.2) is 115 Å². The molecule has 1 heterocycles. The second-order valence-corrected chi connectivity index (χ2v) is 8.47. The lowest BCUT2D eigenvalue weighted by atomic mass is 9.77. The first kappa shape index (κ1) is 19.6. The van der Waals surface area contributed by atoms with Crippen LogP contribution in [0.25, 0.3) is 11.4 Å². The summed E-state index contributed by atoms with van der Waals surface area (Å²) < 4.78 is 1.13. The predicted octanol–water partition coefficient (Wildman–Crippen LogP) is 5.78. The lowest BCUT2D eigenvalue weighted by Gasteiger charge is -2.34. The van der Waals surface area contributed by atoms with Crippen LogP contribution in [0.3, 0.4) is 0 Å². The summed E-state index contributed by atoms with van der Waals surface area (Å²) in [6, 6.07) is 39.2. The second kappa shape index (κ2) is 8.43. The van der Waals surface area contributed by atoms with Gasteiger partial charge in [-0.05, 0) is 56.6 Å². The molecule has 4 aromatic carbocycles. The van der Waals surface area contributed by atoms with E-state index in [-0.39, 0.29) is 0 Å². The number of halogens is 1. The third-order valence-electron chi connectivity index (χ3n) is 5.37. The van der Waals surface area contributed by atoms with E-state index in [1.807, 2.05) is 66.7 Å². The maximum atomic E-state index is 4.91. The van der Waals surface area contributed by atoms with E-state index < -0.39 is 5.54 Å². The highest BCUT2D eigenvalue weighted by molar-refractivity contribution is 14.1. The van der Waals surface area contributed by atoms with Gasteiger partial charge in [0.2, 0.25) is 5.82 Å². The van der Waals surface area contributed by atoms with Crippen LogP contribution in [0, 0.1) is 3.57 Å². The monoisotopic (exact) mass is 514 g/mol. The van der Waals surface area contributed by atoms with Crippen LogP contribution in [0.2, 0.25) is 0 Å². The van der Waals surface area contributed by atoms with Crippen LogP contribution < -0.4 is 0 Å². The number of nitrogens with zero attached hydrogens (tertiary/aromatic N) is 4. The normalized spacial score (nSPS) is 11.4. The van der Waals surface area contributed by atoms with Crippen LogP contribution in [-0.2, 0) is 5.54 Å². The Labute approximate surface area is 194 Å². The van der Waals surface area contributed by atoms with Crippen LogP contribution in [0.4, 0.5) is 0 Å². The predicted molar refractivity (Wildman–Crippen MR) is 131 cm³/mol. The standard InChI is InChI=1S/C26H19IN4/c27-24-18-10-11-20(19-24)25-28-30-31(29-25)26(21-12-4-1-5-13-21,22-14-6-2-7-15-22)23-16-8-3-9-17-23/h1-19H. The van der Waals surface area contributed by atoms with Gasteiger partial charge in [-0.2, -0.15) is 0 Å². The minimum Gasteiger partial charge on any atom is -0.144 e. The molecule has 5 aromatic rings. The molecule has 0 amide bonds. The molecular weight excluding hydrogens is 495 g/mol. The maximum Gasteiger partial charge on any atom is 0.205 e. The zero-order valence-electron chi connectivity index (χ0n) is 16.6. The fourth-order valence-corrected chi connectivity index (χ4v) is 4.53. The van der Waals surface area contributed by atoms with Crippen LogP contribution in [0.5, 0.6) is 0 Å². The van der Waals surface area contributed by atoms with E-state index in [2.05, 4.69) is 81.4 Å². The maximum absolute atomic E-state index is 4.91. The van der Waals surface area contributed by atoms with Crippen LogP contribution >= 0.6 is 22.6 Å². The van der Waals surface area contributed by atoms with Gasteiger partial charge in [0.05, 0.1) is 0 Å². The van der Waals surface area contributed by atoms with Crippen molar-refractivity contribution in [2.45, 2.75) is 5.54 Å². The van der Waals surface area contributed by atoms with Gasteiger partial charge in [-0.3, -0.25) is 0 Å². The third kappa shape index (κ3) is 3.55. The van der Waals surface area contributed by atoms with Gasteiger partial charge in [-0.15, -0.1) is 15.0 Å². The Balaban J connectivity index is 1.81. The van der Waals surface area contributed by atoms with Crippen LogP contribution in [0.1, 0.15) is 16.7 Å². The molecule has 0 spiro atoms. The number of hydrogen-bond acceptors (Lipinski definition) is 3. The summed E-state index contributed by atoms with van der Waals surface area (Å²) >= 11 is 2.30. The average Bonchev–Trinajstić information content (AvgIpc) is 3.32. The molecule has 150 valence electrons. The van der Waals surface area contributed by atoms with Gasteiger partial charge in [0.1, 0.15) is 0 Å². The Kier molecular flexibility index (Phi) is 5.34. The molecule has 0 radical (unpaired) electrons. The van der Waals surface area contributed by atoms with Gasteiger partial charge in [0.15, 0.2) is 5.54 Å². The van der Waals surface area contributed by atoms with E-state index in [9.17, 15) is 0 Å². The lowest BCUT2D eigenvalue weighted by molar-refractivity contribution is 0.396. The first-order valence-electron chi connectivity index (χ1n) is 10.0. The largest absolute Gasteiger partial charge is 0.205 e. The zero-order valence-corrected chi connectivity index (χ0v) is 18.8. The highest BCUT2D eigenvalue weighted by Gasteiger charge is 2.41.